The second-order valence-corrected chi connectivity index (χ2v) is 5.69. The third kappa shape index (κ3) is 4.87. The first kappa shape index (κ1) is 17.7. The van der Waals surface area contributed by atoms with Crippen LogP contribution < -0.4 is 4.90 Å². The van der Waals surface area contributed by atoms with E-state index in [4.69, 9.17) is 10.2 Å². The lowest BCUT2D eigenvalue weighted by molar-refractivity contribution is -0.140. The van der Waals surface area contributed by atoms with Crippen molar-refractivity contribution in [2.45, 2.75) is 27.2 Å². The number of hydrogen-bond donors (Lipinski definition) is 2. The number of rotatable bonds is 7. The molecule has 0 aliphatic rings. The van der Waals surface area contributed by atoms with Crippen LogP contribution in [0.4, 0.5) is 5.69 Å². The molecule has 0 saturated heterocycles. The van der Waals surface area contributed by atoms with Crippen molar-refractivity contribution >= 4 is 23.5 Å². The highest BCUT2D eigenvalue weighted by molar-refractivity contribution is 5.95. The van der Waals surface area contributed by atoms with Crippen LogP contribution in [-0.2, 0) is 9.59 Å². The number of anilines is 1. The lowest BCUT2D eigenvalue weighted by atomic mass is 10.1. The Morgan fingerprint density at radius 3 is 2.00 bits per heavy atom. The summed E-state index contributed by atoms with van der Waals surface area (Å²) in [4.78, 5) is 35.7. The van der Waals surface area contributed by atoms with E-state index in [1.54, 1.807) is 0 Å². The van der Waals surface area contributed by atoms with Crippen LogP contribution in [0.5, 0.6) is 0 Å². The Labute approximate surface area is 129 Å². The first-order chi connectivity index (χ1) is 10.2. The quantitative estimate of drug-likeness (QED) is 0.807. The summed E-state index contributed by atoms with van der Waals surface area (Å²) in [7, 11) is 0. The number of aliphatic carboxylic acids is 1. The number of nitrogens with zero attached hydrogens (tertiary/aromatic N) is 1. The van der Waals surface area contributed by atoms with Gasteiger partial charge in [0.2, 0.25) is 5.91 Å². The fourth-order valence-electron chi connectivity index (χ4n) is 1.95. The Morgan fingerprint density at radius 1 is 1.05 bits per heavy atom. The van der Waals surface area contributed by atoms with Crippen molar-refractivity contribution < 1.29 is 24.6 Å². The van der Waals surface area contributed by atoms with Gasteiger partial charge in [-0.25, -0.2) is 4.79 Å². The van der Waals surface area contributed by atoms with Gasteiger partial charge in [-0.05, 0) is 30.2 Å². The highest BCUT2D eigenvalue weighted by Gasteiger charge is 2.22. The molecule has 1 unspecified atom stereocenters. The monoisotopic (exact) mass is 307 g/mol. The molecule has 1 rings (SSSR count). The number of hydrogen-bond acceptors (Lipinski definition) is 3. The Hall–Kier alpha value is -2.37. The standard InChI is InChI=1S/C16H21NO5/c1-10(2)8-14(18)17(9-11(3)15(19)20)13-6-4-12(5-7-13)16(21)22/h4-7,10-11H,8-9H2,1-3H3,(H,19,20)(H,21,22). The molecule has 1 atom stereocenters. The van der Waals surface area contributed by atoms with E-state index in [-0.39, 0.29) is 23.9 Å². The molecule has 1 aromatic carbocycles. The van der Waals surface area contributed by atoms with Gasteiger partial charge in [0, 0.05) is 18.7 Å². The average Bonchev–Trinajstić information content (AvgIpc) is 2.43. The SMILES string of the molecule is CC(C)CC(=O)N(CC(C)C(=O)O)c1ccc(C(=O)O)cc1. The van der Waals surface area contributed by atoms with Crippen molar-refractivity contribution in [2.75, 3.05) is 11.4 Å². The van der Waals surface area contributed by atoms with Gasteiger partial charge in [0.15, 0.2) is 0 Å². The predicted octanol–water partition coefficient (Wildman–Crippen LogP) is 2.48. The predicted molar refractivity (Wildman–Crippen MR) is 82.0 cm³/mol. The number of benzene rings is 1. The van der Waals surface area contributed by atoms with E-state index in [1.807, 2.05) is 13.8 Å². The smallest absolute Gasteiger partial charge is 0.335 e. The highest BCUT2D eigenvalue weighted by atomic mass is 16.4. The normalized spacial score (nSPS) is 12.0. The summed E-state index contributed by atoms with van der Waals surface area (Å²) in [5.41, 5.74) is 0.620. The van der Waals surface area contributed by atoms with Crippen LogP contribution >= 0.6 is 0 Å². The number of carboxylic acid groups (broad SMARTS) is 2. The van der Waals surface area contributed by atoms with Crippen LogP contribution in [0.15, 0.2) is 24.3 Å². The number of aromatic carboxylic acids is 1. The summed E-state index contributed by atoms with van der Waals surface area (Å²) in [6.45, 7) is 5.39. The Balaban J connectivity index is 3.04. The lowest BCUT2D eigenvalue weighted by Gasteiger charge is -2.25. The molecule has 120 valence electrons. The lowest BCUT2D eigenvalue weighted by Crippen LogP contribution is -2.37. The van der Waals surface area contributed by atoms with E-state index in [1.165, 1.54) is 36.1 Å². The van der Waals surface area contributed by atoms with Gasteiger partial charge in [-0.15, -0.1) is 0 Å². The third-order valence-corrected chi connectivity index (χ3v) is 3.19. The zero-order valence-electron chi connectivity index (χ0n) is 12.9. The van der Waals surface area contributed by atoms with Gasteiger partial charge in [-0.1, -0.05) is 20.8 Å². The van der Waals surface area contributed by atoms with Gasteiger partial charge >= 0.3 is 11.9 Å². The molecule has 0 aromatic heterocycles. The summed E-state index contributed by atoms with van der Waals surface area (Å²) in [6, 6.07) is 5.85. The number of carbonyl (C=O) groups excluding carboxylic acids is 1. The molecule has 0 spiro atoms. The molecule has 0 radical (unpaired) electrons. The molecule has 2 N–H and O–H groups in total. The zero-order valence-corrected chi connectivity index (χ0v) is 12.9. The van der Waals surface area contributed by atoms with Gasteiger partial charge in [0.1, 0.15) is 0 Å². The molecule has 0 saturated carbocycles. The molecule has 6 heteroatoms. The maximum absolute atomic E-state index is 12.3. The molecule has 1 amide bonds. The molecular formula is C16H21NO5. The Kier molecular flexibility index (Phi) is 6.10. The second-order valence-electron chi connectivity index (χ2n) is 5.69. The molecular weight excluding hydrogens is 286 g/mol. The van der Waals surface area contributed by atoms with Crippen LogP contribution in [-0.4, -0.2) is 34.6 Å². The minimum atomic E-state index is -1.05. The van der Waals surface area contributed by atoms with Crippen LogP contribution in [0, 0.1) is 11.8 Å². The van der Waals surface area contributed by atoms with Crippen molar-refractivity contribution in [1.82, 2.24) is 0 Å². The molecule has 0 aliphatic carbocycles. The third-order valence-electron chi connectivity index (χ3n) is 3.19. The van der Waals surface area contributed by atoms with Gasteiger partial charge in [-0.2, -0.15) is 0 Å². The molecule has 0 fully saturated rings. The first-order valence-corrected chi connectivity index (χ1v) is 7.09. The number of carbonyl (C=O) groups is 3. The van der Waals surface area contributed by atoms with Gasteiger partial charge in [-0.3, -0.25) is 9.59 Å². The van der Waals surface area contributed by atoms with Crippen LogP contribution in [0.25, 0.3) is 0 Å². The molecule has 22 heavy (non-hydrogen) atoms. The molecule has 1 aromatic rings. The van der Waals surface area contributed by atoms with E-state index in [0.29, 0.717) is 12.1 Å². The second kappa shape index (κ2) is 7.59. The largest absolute Gasteiger partial charge is 0.481 e. The zero-order chi connectivity index (χ0) is 16.9. The van der Waals surface area contributed by atoms with Gasteiger partial charge in [0.05, 0.1) is 11.5 Å². The molecule has 6 nitrogen and oxygen atoms in total. The minimum Gasteiger partial charge on any atom is -0.481 e. The number of amides is 1. The Morgan fingerprint density at radius 2 is 1.59 bits per heavy atom. The average molecular weight is 307 g/mol. The molecule has 0 bridgehead atoms. The fraction of sp³-hybridized carbons (Fsp3) is 0.438. The maximum Gasteiger partial charge on any atom is 0.335 e. The highest BCUT2D eigenvalue weighted by Crippen LogP contribution is 2.20. The van der Waals surface area contributed by atoms with E-state index in [0.717, 1.165) is 0 Å². The van der Waals surface area contributed by atoms with Crippen molar-refractivity contribution in [3.63, 3.8) is 0 Å². The van der Waals surface area contributed by atoms with Gasteiger partial charge in [0.25, 0.3) is 0 Å². The first-order valence-electron chi connectivity index (χ1n) is 7.09. The minimum absolute atomic E-state index is 0.0489. The van der Waals surface area contributed by atoms with Crippen molar-refractivity contribution in [2.24, 2.45) is 11.8 Å². The van der Waals surface area contributed by atoms with Crippen LogP contribution in [0.2, 0.25) is 0 Å². The van der Waals surface area contributed by atoms with E-state index in [9.17, 15) is 14.4 Å². The van der Waals surface area contributed by atoms with Gasteiger partial charge < -0.3 is 15.1 Å². The van der Waals surface area contributed by atoms with Crippen molar-refractivity contribution in [3.05, 3.63) is 29.8 Å². The molecule has 0 heterocycles. The summed E-state index contributed by atoms with van der Waals surface area (Å²) in [5, 5.41) is 17.9. The van der Waals surface area contributed by atoms with Crippen molar-refractivity contribution in [1.29, 1.82) is 0 Å². The summed E-state index contributed by atoms with van der Waals surface area (Å²) in [5.74, 6) is -2.77. The van der Waals surface area contributed by atoms with E-state index in [2.05, 4.69) is 0 Å². The van der Waals surface area contributed by atoms with Crippen LogP contribution in [0.1, 0.15) is 37.6 Å². The summed E-state index contributed by atoms with van der Waals surface area (Å²) < 4.78 is 0. The number of carboxylic acids is 2. The van der Waals surface area contributed by atoms with E-state index >= 15 is 0 Å². The maximum atomic E-state index is 12.3. The topological polar surface area (TPSA) is 94.9 Å². The molecule has 0 aliphatic heterocycles. The Bertz CT molecular complexity index is 550. The van der Waals surface area contributed by atoms with E-state index < -0.39 is 17.9 Å². The fourth-order valence-corrected chi connectivity index (χ4v) is 1.95. The summed E-state index contributed by atoms with van der Waals surface area (Å²) in [6.07, 6.45) is 0.299. The summed E-state index contributed by atoms with van der Waals surface area (Å²) >= 11 is 0. The van der Waals surface area contributed by atoms with Crippen molar-refractivity contribution in [3.8, 4) is 0 Å². The van der Waals surface area contributed by atoms with Crippen LogP contribution in [0.3, 0.4) is 0 Å².